The van der Waals surface area contributed by atoms with Gasteiger partial charge < -0.3 is 111 Å². The van der Waals surface area contributed by atoms with Crippen LogP contribution in [0.15, 0.2) is 41.8 Å². The summed E-state index contributed by atoms with van der Waals surface area (Å²) in [4.78, 5) is 215. The highest BCUT2D eigenvalue weighted by Gasteiger charge is 2.42. The molecule has 2 aliphatic rings. The first-order valence-electron chi connectivity index (χ1n) is 36.7. The fourth-order valence-electron chi connectivity index (χ4n) is 11.8. The number of nitrogens with zero attached hydrogens (tertiary/aromatic N) is 5. The number of imidazole rings is 1. The number of aliphatic hydroxyl groups excluding tert-OH is 1. The zero-order chi connectivity index (χ0) is 81.7. The predicted molar refractivity (Wildman–Crippen MR) is 397 cm³/mol. The number of H-pyrrole nitrogens is 1. The number of nitrogens with two attached hydrogens (primary N) is 4. The Bertz CT molecular complexity index is 3460. The predicted octanol–water partition coefficient (Wildman–Crippen LogP) is -4.96. The van der Waals surface area contributed by atoms with Gasteiger partial charge in [0.05, 0.1) is 44.5 Å². The van der Waals surface area contributed by atoms with Crippen LogP contribution >= 0.6 is 11.8 Å². The summed E-state index contributed by atoms with van der Waals surface area (Å²) in [6.07, 6.45) is 4.18. The van der Waals surface area contributed by atoms with Crippen LogP contribution in [-0.4, -0.2) is 275 Å². The van der Waals surface area contributed by atoms with E-state index >= 15 is 0 Å². The van der Waals surface area contributed by atoms with Gasteiger partial charge in [0.2, 0.25) is 76.8 Å². The molecule has 0 radical (unpaired) electrons. The van der Waals surface area contributed by atoms with Crippen LogP contribution in [0, 0.1) is 5.92 Å². The lowest BCUT2D eigenvalue weighted by atomic mass is 10.0. The molecule has 2 aliphatic heterocycles. The molecular weight excluding hydrogens is 1460 g/mol. The second-order valence-electron chi connectivity index (χ2n) is 27.3. The number of unbranched alkanes of at least 4 members (excludes halogenated alkanes) is 4. The van der Waals surface area contributed by atoms with E-state index in [1.807, 2.05) is 0 Å². The van der Waals surface area contributed by atoms with Crippen molar-refractivity contribution in [3.63, 3.8) is 0 Å². The van der Waals surface area contributed by atoms with Gasteiger partial charge in [-0.05, 0) is 127 Å². The van der Waals surface area contributed by atoms with Gasteiger partial charge in [0.15, 0.2) is 5.96 Å². The van der Waals surface area contributed by atoms with E-state index in [1.54, 1.807) is 13.8 Å². The van der Waals surface area contributed by atoms with Crippen LogP contribution < -0.4 is 76.1 Å². The van der Waals surface area contributed by atoms with Crippen molar-refractivity contribution >= 4 is 106 Å². The third kappa shape index (κ3) is 32.1. The van der Waals surface area contributed by atoms with Crippen molar-refractivity contribution < 1.29 is 97.6 Å². The second-order valence-corrected chi connectivity index (χ2v) is 28.5. The van der Waals surface area contributed by atoms with Gasteiger partial charge in [-0.25, -0.2) is 14.8 Å². The number of carbonyl (C=O) groups excluding carboxylic acids is 13. The summed E-state index contributed by atoms with van der Waals surface area (Å²) in [5, 5.41) is 74.9. The van der Waals surface area contributed by atoms with E-state index in [-0.39, 0.29) is 95.0 Å². The van der Waals surface area contributed by atoms with Crippen molar-refractivity contribution in [3.05, 3.63) is 48.0 Å². The molecule has 110 heavy (non-hydrogen) atoms. The number of benzene rings is 1. The first-order chi connectivity index (χ1) is 52.1. The highest BCUT2D eigenvalue weighted by Crippen LogP contribution is 2.23. The fourth-order valence-corrected chi connectivity index (χ4v) is 12.9. The van der Waals surface area contributed by atoms with Gasteiger partial charge in [0, 0.05) is 56.5 Å². The number of hydrogen-bond acceptors (Lipinski definition) is 23. The molecule has 0 spiro atoms. The molecule has 2 fully saturated rings. The zero-order valence-corrected chi connectivity index (χ0v) is 63.5. The number of carbonyl (C=O) groups is 15. The highest BCUT2D eigenvalue weighted by molar-refractivity contribution is 7.99. The summed E-state index contributed by atoms with van der Waals surface area (Å²) in [5.41, 5.74) is 23.5. The Morgan fingerprint density at radius 1 is 0.627 bits per heavy atom. The normalized spacial score (nSPS) is 16.6. The molecular formula is C69H110N20O20S. The molecule has 24 N–H and O–H groups in total. The molecule has 0 bridgehead atoms. The topological polar surface area (TPSA) is 632 Å². The molecule has 2 saturated heterocycles. The Labute approximate surface area is 640 Å². The quantitative estimate of drug-likeness (QED) is 0.00970. The number of aliphatic carboxylic acids is 2. The minimum atomic E-state index is -1.63. The number of carboxylic acid groups (broad SMARTS) is 2. The Morgan fingerprint density at radius 3 is 1.82 bits per heavy atom. The van der Waals surface area contributed by atoms with E-state index in [2.05, 4.69) is 68.1 Å². The number of rotatable bonds is 49. The Kier molecular flexibility index (Phi) is 39.9. The number of aromatic nitrogens is 2. The maximum Gasteiger partial charge on any atom is 0.326 e. The molecule has 13 amide bonds. The number of guanidine groups is 1. The van der Waals surface area contributed by atoms with Crippen LogP contribution in [-0.2, 0) is 84.8 Å². The minimum absolute atomic E-state index is 0.00922. The van der Waals surface area contributed by atoms with E-state index in [4.69, 9.17) is 28.0 Å². The molecule has 1 aromatic carbocycles. The second kappa shape index (κ2) is 47.6. The number of likely N-dealkylation sites (tertiary alicyclic amines) is 2. The summed E-state index contributed by atoms with van der Waals surface area (Å²) in [6, 6.07) is -8.74. The molecule has 1 aromatic heterocycles. The number of phenols is 1. The molecule has 4 rings (SSSR count). The number of hydroxylamine groups is 2. The van der Waals surface area contributed by atoms with Crippen molar-refractivity contribution in [2.24, 2.45) is 33.8 Å². The molecule has 0 saturated carbocycles. The monoisotopic (exact) mass is 1570 g/mol. The Morgan fingerprint density at radius 2 is 1.22 bits per heavy atom. The molecule has 12 atom stereocenters. The minimum Gasteiger partial charge on any atom is -0.508 e. The maximum absolute atomic E-state index is 15.0. The largest absolute Gasteiger partial charge is 0.508 e. The number of nitrogens with one attached hydrogen (secondary N) is 11. The number of thioether (sulfide) groups is 1. The number of aliphatic hydroxyl groups is 1. The molecule has 41 heteroatoms. The lowest BCUT2D eigenvalue weighted by Gasteiger charge is -2.31. The SMILES string of the molecule is CC(C)[C@H](NC(=O)CNC(=O)CNC(=O)[C@@H](NC(=O)[C@H](C)NC(=O)[C@@H]1CCCN1C(=O)[C@H](C)N)[C@@H](C)O)C(=O)N[C@@H](CSCCCCCCC(=O)N(O)CCC(=O)O)C(=O)N[C@@H](CCCCN)C(=O)N1CCC[C@H]1C(=O)N[C@@H](Cc1cnc[nH]1)C(=O)N[C@@H](CCCN=C(N)N)C(=O)N[C@@H](Cc1ccc(O)cc1)C(=O)O. The lowest BCUT2D eigenvalue weighted by molar-refractivity contribution is -0.167. The molecule has 40 nitrogen and oxygen atoms in total. The van der Waals surface area contributed by atoms with E-state index in [1.165, 1.54) is 79.1 Å². The summed E-state index contributed by atoms with van der Waals surface area (Å²) < 4.78 is 0. The molecule has 3 heterocycles. The summed E-state index contributed by atoms with van der Waals surface area (Å²) >= 11 is 1.24. The number of aliphatic imine (C=N–C) groups is 1. The van der Waals surface area contributed by atoms with E-state index in [9.17, 15) is 92.4 Å². The third-order valence-electron chi connectivity index (χ3n) is 17.9. The molecule has 0 unspecified atom stereocenters. The van der Waals surface area contributed by atoms with Crippen LogP contribution in [0.3, 0.4) is 0 Å². The van der Waals surface area contributed by atoms with E-state index < -0.39 is 187 Å². The Balaban J connectivity index is 1.51. The third-order valence-corrected chi connectivity index (χ3v) is 19.1. The van der Waals surface area contributed by atoms with Crippen molar-refractivity contribution in [2.75, 3.05) is 57.3 Å². The molecule has 2 aromatic rings. The molecule has 612 valence electrons. The number of carboxylic acids is 2. The van der Waals surface area contributed by atoms with Gasteiger partial charge in [-0.2, -0.15) is 11.8 Å². The van der Waals surface area contributed by atoms with Gasteiger partial charge in [0.1, 0.15) is 66.2 Å². The number of phenolic OH excluding ortho intramolecular Hbond substituents is 1. The van der Waals surface area contributed by atoms with Gasteiger partial charge in [-0.15, -0.1) is 0 Å². The first-order valence-corrected chi connectivity index (χ1v) is 37.8. The van der Waals surface area contributed by atoms with Crippen molar-refractivity contribution in [1.82, 2.24) is 78.0 Å². The first kappa shape index (κ1) is 92.1. The van der Waals surface area contributed by atoms with Crippen molar-refractivity contribution in [1.29, 1.82) is 0 Å². The average Bonchev–Trinajstić information content (AvgIpc) is 1.66. The zero-order valence-electron chi connectivity index (χ0n) is 62.7. The number of hydrogen-bond donors (Lipinski definition) is 20. The van der Waals surface area contributed by atoms with E-state index in [0.29, 0.717) is 80.0 Å². The summed E-state index contributed by atoms with van der Waals surface area (Å²) in [6.45, 7) is 5.78. The van der Waals surface area contributed by atoms with E-state index in [0.717, 1.165) is 0 Å². The van der Waals surface area contributed by atoms with Crippen molar-refractivity contribution in [2.45, 2.75) is 216 Å². The van der Waals surface area contributed by atoms with Gasteiger partial charge in [-0.1, -0.05) is 38.8 Å². The van der Waals surface area contributed by atoms with Crippen molar-refractivity contribution in [3.8, 4) is 5.75 Å². The van der Waals surface area contributed by atoms with Gasteiger partial charge in [-0.3, -0.25) is 77.3 Å². The Hall–Kier alpha value is -10.3. The average molecular weight is 1570 g/mol. The number of aromatic amines is 1. The summed E-state index contributed by atoms with van der Waals surface area (Å²) in [7, 11) is 0. The number of amides is 13. The standard InChI is InChI=1S/C69H110N20O20S/c1-38(2)56(85-53(93)35-76-52(92)34-77-64(103)57(41(5)90)86-58(97)40(4)79-62(101)50-17-13-27-87(50)66(105)39(3)71)65(104)84-49(36-110-30-11-7-6-8-19-54(94)89(109)29-24-55(95)96)61(100)81-46(15-9-10-25-70)67(106)88-28-14-18-51(88)63(102)82-47(32-43-33-74-37-78-43)60(99)80-45(16-12-26-75-69(72)73)59(98)83-48(68(107)108)31-42-20-22-44(91)23-21-42/h20-23,33,37-41,45-51,56-57,90-91,109H,6-19,24-32,34-36,70-71H2,1-5H3,(H,74,78)(H,76,92)(H,77,103)(H,79,101)(H,80,99)(H,81,100)(H,82,102)(H,83,98)(H,84,104)(H,85,93)(H,86,97)(H,95,96)(H,107,108)(H4,72,73,75)/t39-,40-,41+,45-,46-,47-,48-,49-,50-,51-,56-,57-/m0/s1. The summed E-state index contributed by atoms with van der Waals surface area (Å²) in [5.74, 6) is -13.7. The maximum atomic E-state index is 15.0. The van der Waals surface area contributed by atoms with Crippen LogP contribution in [0.2, 0.25) is 0 Å². The highest BCUT2D eigenvalue weighted by atomic mass is 32.2. The van der Waals surface area contributed by atoms with Crippen LogP contribution in [0.4, 0.5) is 0 Å². The van der Waals surface area contributed by atoms with Gasteiger partial charge in [0.25, 0.3) is 0 Å². The van der Waals surface area contributed by atoms with Crippen LogP contribution in [0.5, 0.6) is 5.75 Å². The number of aromatic hydroxyl groups is 1. The lowest BCUT2D eigenvalue weighted by Crippen LogP contribution is -2.60. The molecule has 0 aliphatic carbocycles. The van der Waals surface area contributed by atoms with Gasteiger partial charge >= 0.3 is 11.9 Å². The smallest absolute Gasteiger partial charge is 0.326 e. The fraction of sp³-hybridized carbons (Fsp3) is 0.638. The van der Waals surface area contributed by atoms with Crippen LogP contribution in [0.25, 0.3) is 0 Å². The van der Waals surface area contributed by atoms with Crippen LogP contribution in [0.1, 0.15) is 142 Å².